The third-order valence-corrected chi connectivity index (χ3v) is 4.72. The van der Waals surface area contributed by atoms with Crippen molar-refractivity contribution in [3.05, 3.63) is 0 Å². The fourth-order valence-electron chi connectivity index (χ4n) is 1.58. The number of carbonyl (C=O) groups is 2. The zero-order chi connectivity index (χ0) is 17.0. The summed E-state index contributed by atoms with van der Waals surface area (Å²) in [5.74, 6) is -0.847. The monoisotopic (exact) mass is 407 g/mol. The lowest BCUT2D eigenvalue weighted by Crippen LogP contribution is -2.50. The molecule has 0 saturated carbocycles. The summed E-state index contributed by atoms with van der Waals surface area (Å²) in [6, 6.07) is -1.48. The summed E-state index contributed by atoms with van der Waals surface area (Å²) in [5.41, 5.74) is 5.67. The van der Waals surface area contributed by atoms with Crippen LogP contribution in [0.4, 0.5) is 0 Å². The van der Waals surface area contributed by atoms with Crippen LogP contribution in [-0.2, 0) is 18.8 Å². The third kappa shape index (κ3) is 11.5. The van der Waals surface area contributed by atoms with Gasteiger partial charge in [0.25, 0.3) is 0 Å². The minimum atomic E-state index is -0.981. The van der Waals surface area contributed by atoms with Crippen molar-refractivity contribution in [2.24, 2.45) is 5.73 Å². The summed E-state index contributed by atoms with van der Waals surface area (Å²) in [6.45, 7) is 0.980. The first-order chi connectivity index (χ1) is 10.4. The van der Waals surface area contributed by atoms with Gasteiger partial charge in [0.05, 0.1) is 6.61 Å². The lowest BCUT2D eigenvalue weighted by Gasteiger charge is -2.20. The van der Waals surface area contributed by atoms with Crippen molar-refractivity contribution in [1.29, 1.82) is 0 Å². The highest BCUT2D eigenvalue weighted by Gasteiger charge is 2.25. The fraction of sp³-hybridized carbons (Fsp3) is 0.800. The van der Waals surface area contributed by atoms with Gasteiger partial charge in [-0.05, 0) is 34.2 Å². The largest absolute Gasteiger partial charge is 0.435 e. The molecule has 6 unspecified atom stereocenters. The van der Waals surface area contributed by atoms with Crippen LogP contribution in [0.5, 0.6) is 0 Å². The van der Waals surface area contributed by atoms with Crippen molar-refractivity contribution < 1.29 is 18.8 Å². The molecule has 0 aliphatic heterocycles. The van der Waals surface area contributed by atoms with Crippen molar-refractivity contribution >= 4 is 54.6 Å². The maximum atomic E-state index is 12.1. The van der Waals surface area contributed by atoms with E-state index in [1.807, 2.05) is 0 Å². The Kier molecular flexibility index (Phi) is 15.0. The van der Waals surface area contributed by atoms with Crippen LogP contribution in [0, 0.1) is 0 Å². The van der Waals surface area contributed by atoms with Gasteiger partial charge in [-0.25, -0.2) is 4.79 Å². The first-order valence-electron chi connectivity index (χ1n) is 6.67. The van der Waals surface area contributed by atoms with E-state index in [-0.39, 0.29) is 6.61 Å². The van der Waals surface area contributed by atoms with E-state index in [0.29, 0.717) is 14.8 Å². The van der Waals surface area contributed by atoms with E-state index in [1.165, 1.54) is 7.11 Å². The zero-order valence-electron chi connectivity index (χ0n) is 12.6. The van der Waals surface area contributed by atoms with Crippen molar-refractivity contribution in [3.63, 3.8) is 0 Å². The Morgan fingerprint density at radius 1 is 1.36 bits per heavy atom. The van der Waals surface area contributed by atoms with E-state index in [4.69, 9.17) is 15.0 Å². The number of hydrogen-bond donors (Lipinski definition) is 3. The molecule has 0 aromatic heterocycles. The number of methoxy groups -OCH3 is 1. The Bertz CT molecular complexity index is 338. The number of nitrogens with one attached hydrogen (secondary N) is 2. The first kappa shape index (κ1) is 23.0. The van der Waals surface area contributed by atoms with Gasteiger partial charge < -0.3 is 20.3 Å². The molecule has 1 amide bonds. The van der Waals surface area contributed by atoms with Crippen LogP contribution in [0.3, 0.4) is 0 Å². The molecule has 0 rings (SSSR count). The van der Waals surface area contributed by atoms with E-state index in [9.17, 15) is 9.59 Å². The summed E-state index contributed by atoms with van der Waals surface area (Å²) in [7, 11) is 8.55. The smallest absolute Gasteiger partial charge is 0.331 e. The Morgan fingerprint density at radius 3 is 2.59 bits per heavy atom. The number of carbonyl (C=O) groups excluding carboxylic acids is 2. The van der Waals surface area contributed by atoms with Gasteiger partial charge in [-0.15, -0.1) is 0 Å². The average molecular weight is 407 g/mol. The Balaban J connectivity index is 4.44. The van der Waals surface area contributed by atoms with Gasteiger partial charge in [-0.1, -0.05) is 26.8 Å². The molecule has 0 heterocycles. The lowest BCUT2D eigenvalue weighted by atomic mass is 10.1. The number of rotatable bonds is 12. The first-order valence-corrected chi connectivity index (χ1v) is 14.0. The number of unbranched alkanes of at least 4 members (excludes halogenated alkanes) is 1. The number of hydrogen-bond acceptors (Lipinski definition) is 6. The standard InChI is InChI=1S/C10H26N3O4P5/c1-16-6-7(11)9(14)13-8(10(15)17-22(19)20)4-2-3-5-12-21-18/h7-8,12,21H,2-6,11,18-20H2,1H3,(H,13,14). The predicted octanol–water partition coefficient (Wildman–Crippen LogP) is 1.11. The summed E-state index contributed by atoms with van der Waals surface area (Å²) >= 11 is 0. The number of ether oxygens (including phenoxy) is 1. The predicted molar refractivity (Wildman–Crippen MR) is 104 cm³/mol. The molecular weight excluding hydrogens is 381 g/mol. The molecule has 4 N–H and O–H groups in total. The van der Waals surface area contributed by atoms with Crippen LogP contribution < -0.4 is 16.1 Å². The van der Waals surface area contributed by atoms with Crippen LogP contribution in [-0.4, -0.2) is 44.2 Å². The van der Waals surface area contributed by atoms with Crippen molar-refractivity contribution in [1.82, 2.24) is 10.4 Å². The van der Waals surface area contributed by atoms with E-state index < -0.39 is 31.5 Å². The molecule has 0 radical (unpaired) electrons. The summed E-state index contributed by atoms with van der Waals surface area (Å²) < 4.78 is 10.0. The number of amides is 1. The second kappa shape index (κ2) is 14.3. The average Bonchev–Trinajstić information content (AvgIpc) is 2.45. The molecule has 0 spiro atoms. The molecule has 0 aliphatic rings. The lowest BCUT2D eigenvalue weighted by molar-refractivity contribution is -0.139. The quantitative estimate of drug-likeness (QED) is 0.331. The van der Waals surface area contributed by atoms with Crippen molar-refractivity contribution in [2.45, 2.75) is 31.3 Å². The minimum absolute atomic E-state index is 0.104. The van der Waals surface area contributed by atoms with E-state index in [2.05, 4.69) is 37.2 Å². The minimum Gasteiger partial charge on any atom is -0.435 e. The van der Waals surface area contributed by atoms with Crippen LogP contribution in [0.25, 0.3) is 0 Å². The summed E-state index contributed by atoms with van der Waals surface area (Å²) in [4.78, 5) is 24.0. The molecule has 6 atom stereocenters. The highest BCUT2D eigenvalue weighted by atomic mass is 32.4. The molecule has 0 fully saturated rings. The fourth-order valence-corrected chi connectivity index (χ4v) is 3.30. The van der Waals surface area contributed by atoms with Gasteiger partial charge in [0.15, 0.2) is 0 Å². The SMILES string of the molecule is COCC(N)C(=O)NC(CCCCNPP)C(=O)OP(P)P. The zero-order valence-corrected chi connectivity index (χ0v) is 17.9. The maximum absolute atomic E-state index is 12.1. The highest BCUT2D eigenvalue weighted by molar-refractivity contribution is 8.41. The van der Waals surface area contributed by atoms with Crippen LogP contribution in [0.2, 0.25) is 0 Å². The molecular formula is C10H26N3O4P5. The van der Waals surface area contributed by atoms with Gasteiger partial charge in [0.1, 0.15) is 19.6 Å². The summed E-state index contributed by atoms with van der Waals surface area (Å²) in [6.07, 6.45) is 2.24. The Labute approximate surface area is 141 Å². The van der Waals surface area contributed by atoms with Gasteiger partial charge in [-0.2, -0.15) is 0 Å². The van der Waals surface area contributed by atoms with E-state index in [1.54, 1.807) is 0 Å². The topological polar surface area (TPSA) is 103 Å². The molecule has 0 aliphatic carbocycles. The molecule has 22 heavy (non-hydrogen) atoms. The Morgan fingerprint density at radius 2 is 2.05 bits per heavy atom. The van der Waals surface area contributed by atoms with Gasteiger partial charge in [0, 0.05) is 7.11 Å². The molecule has 0 aromatic rings. The van der Waals surface area contributed by atoms with Crippen molar-refractivity contribution in [3.8, 4) is 0 Å². The van der Waals surface area contributed by atoms with E-state index in [0.717, 1.165) is 19.4 Å². The Hall–Kier alpha value is 0.970. The molecule has 0 bridgehead atoms. The molecule has 12 heteroatoms. The second-order valence-electron chi connectivity index (χ2n) is 4.46. The van der Waals surface area contributed by atoms with Gasteiger partial charge in [0.2, 0.25) is 5.91 Å². The third-order valence-electron chi connectivity index (χ3n) is 2.63. The molecule has 130 valence electrons. The number of nitrogens with two attached hydrogens (primary N) is 1. The summed E-state index contributed by atoms with van der Waals surface area (Å²) in [5, 5.41) is 5.85. The van der Waals surface area contributed by atoms with Crippen LogP contribution in [0.15, 0.2) is 0 Å². The molecule has 0 aromatic carbocycles. The van der Waals surface area contributed by atoms with E-state index >= 15 is 0 Å². The maximum Gasteiger partial charge on any atom is 0.331 e. The van der Waals surface area contributed by atoms with Crippen LogP contribution >= 0.6 is 42.7 Å². The van der Waals surface area contributed by atoms with Crippen LogP contribution in [0.1, 0.15) is 19.3 Å². The molecule has 7 nitrogen and oxygen atoms in total. The van der Waals surface area contributed by atoms with Gasteiger partial charge >= 0.3 is 5.97 Å². The second-order valence-corrected chi connectivity index (χ2v) is 11.7. The normalized spacial score (nSPS) is 14.3. The van der Waals surface area contributed by atoms with Gasteiger partial charge in [-0.3, -0.25) is 9.88 Å². The molecule has 0 saturated heterocycles. The highest BCUT2D eigenvalue weighted by Crippen LogP contribution is 2.53. The van der Waals surface area contributed by atoms with Crippen molar-refractivity contribution in [2.75, 3.05) is 20.3 Å².